The molecule has 3 rings (SSSR count). The fourth-order valence-electron chi connectivity index (χ4n) is 4.59. The van der Waals surface area contributed by atoms with Crippen LogP contribution < -0.4 is 0 Å². The fraction of sp³-hybridized carbons (Fsp3) is 0.542. The third-order valence-corrected chi connectivity index (χ3v) is 6.07. The molecule has 1 amide bonds. The number of rotatable bonds is 4. The van der Waals surface area contributed by atoms with Crippen molar-refractivity contribution in [1.82, 2.24) is 4.90 Å². The summed E-state index contributed by atoms with van der Waals surface area (Å²) in [6.45, 7) is 4.27. The molecule has 1 aliphatic heterocycles. The number of aryl methyl sites for hydroxylation is 1. The van der Waals surface area contributed by atoms with E-state index in [0.717, 1.165) is 24.0 Å². The number of fused-ring (bicyclic) bond motifs is 1. The van der Waals surface area contributed by atoms with Gasteiger partial charge < -0.3 is 14.4 Å². The zero-order valence-electron chi connectivity index (χ0n) is 17.9. The van der Waals surface area contributed by atoms with E-state index in [9.17, 15) is 14.4 Å². The van der Waals surface area contributed by atoms with Crippen LogP contribution in [-0.4, -0.2) is 48.0 Å². The highest BCUT2D eigenvalue weighted by Gasteiger charge is 2.53. The SMILES string of the molecule is CCC(=O)CC(=O)O[C@@]1(C#Cc2cccc(C)c2)CCC[C@@H]2[C@H]1CCN2C(=O)OC. The van der Waals surface area contributed by atoms with E-state index in [1.165, 1.54) is 7.11 Å². The van der Waals surface area contributed by atoms with Gasteiger partial charge in [-0.3, -0.25) is 9.59 Å². The summed E-state index contributed by atoms with van der Waals surface area (Å²) in [5, 5.41) is 0. The second-order valence-electron chi connectivity index (χ2n) is 8.07. The first-order valence-corrected chi connectivity index (χ1v) is 10.6. The van der Waals surface area contributed by atoms with E-state index in [1.54, 1.807) is 11.8 Å². The van der Waals surface area contributed by atoms with Crippen LogP contribution in [0.1, 0.15) is 56.6 Å². The number of hydrogen-bond donors (Lipinski definition) is 0. The van der Waals surface area contributed by atoms with E-state index in [4.69, 9.17) is 9.47 Å². The maximum Gasteiger partial charge on any atom is 0.409 e. The third-order valence-electron chi connectivity index (χ3n) is 6.07. The molecule has 0 bridgehead atoms. The van der Waals surface area contributed by atoms with Crippen LogP contribution >= 0.6 is 0 Å². The maximum atomic E-state index is 12.6. The van der Waals surface area contributed by atoms with Gasteiger partial charge in [0.25, 0.3) is 0 Å². The van der Waals surface area contributed by atoms with Gasteiger partial charge in [0, 0.05) is 30.5 Å². The molecule has 0 N–H and O–H groups in total. The molecule has 30 heavy (non-hydrogen) atoms. The van der Waals surface area contributed by atoms with Gasteiger partial charge in [-0.25, -0.2) is 4.79 Å². The largest absolute Gasteiger partial charge is 0.453 e. The minimum absolute atomic E-state index is 0.0901. The van der Waals surface area contributed by atoms with E-state index in [1.807, 2.05) is 31.2 Å². The molecule has 160 valence electrons. The number of benzene rings is 1. The molecular formula is C24H29NO5. The Morgan fingerprint density at radius 1 is 1.27 bits per heavy atom. The molecule has 6 nitrogen and oxygen atoms in total. The highest BCUT2D eigenvalue weighted by atomic mass is 16.6. The van der Waals surface area contributed by atoms with Gasteiger partial charge in [-0.05, 0) is 56.2 Å². The number of methoxy groups -OCH3 is 1. The highest BCUT2D eigenvalue weighted by Crippen LogP contribution is 2.45. The molecule has 0 spiro atoms. The summed E-state index contributed by atoms with van der Waals surface area (Å²) in [6.07, 6.45) is 2.54. The van der Waals surface area contributed by atoms with Gasteiger partial charge in [0.15, 0.2) is 5.60 Å². The molecule has 1 aliphatic carbocycles. The van der Waals surface area contributed by atoms with Crippen LogP contribution in [0.4, 0.5) is 4.79 Å². The number of carbonyl (C=O) groups excluding carboxylic acids is 3. The van der Waals surface area contributed by atoms with Crippen LogP contribution in [0.5, 0.6) is 0 Å². The van der Waals surface area contributed by atoms with Crippen LogP contribution in [0.2, 0.25) is 0 Å². The van der Waals surface area contributed by atoms with Crippen molar-refractivity contribution in [2.45, 2.75) is 64.0 Å². The predicted octanol–water partition coefficient (Wildman–Crippen LogP) is 3.64. The Kier molecular flexibility index (Phi) is 6.81. The smallest absolute Gasteiger partial charge is 0.409 e. The lowest BCUT2D eigenvalue weighted by atomic mass is 9.72. The minimum atomic E-state index is -1.01. The van der Waals surface area contributed by atoms with Gasteiger partial charge in [0.1, 0.15) is 12.2 Å². The summed E-state index contributed by atoms with van der Waals surface area (Å²) >= 11 is 0. The van der Waals surface area contributed by atoms with Crippen LogP contribution in [0.25, 0.3) is 0 Å². The molecule has 3 atom stereocenters. The maximum absolute atomic E-state index is 12.6. The molecule has 1 saturated carbocycles. The second-order valence-corrected chi connectivity index (χ2v) is 8.07. The molecule has 1 heterocycles. The monoisotopic (exact) mass is 411 g/mol. The number of esters is 1. The number of amides is 1. The van der Waals surface area contributed by atoms with Crippen molar-refractivity contribution >= 4 is 17.8 Å². The van der Waals surface area contributed by atoms with Crippen LogP contribution in [0.3, 0.4) is 0 Å². The first-order valence-electron chi connectivity index (χ1n) is 10.6. The van der Waals surface area contributed by atoms with E-state index in [2.05, 4.69) is 11.8 Å². The van der Waals surface area contributed by atoms with Crippen LogP contribution in [-0.2, 0) is 19.1 Å². The Morgan fingerprint density at radius 3 is 2.77 bits per heavy atom. The molecule has 0 unspecified atom stereocenters. The van der Waals surface area contributed by atoms with E-state index < -0.39 is 11.6 Å². The molecule has 0 aromatic heterocycles. The van der Waals surface area contributed by atoms with E-state index in [0.29, 0.717) is 25.8 Å². The van der Waals surface area contributed by atoms with Gasteiger partial charge in [-0.15, -0.1) is 0 Å². The summed E-state index contributed by atoms with van der Waals surface area (Å²) in [5.41, 5.74) is 0.932. The number of ether oxygens (including phenoxy) is 2. The van der Waals surface area contributed by atoms with Crippen molar-refractivity contribution in [3.63, 3.8) is 0 Å². The Bertz CT molecular complexity index is 883. The average Bonchev–Trinajstić information content (AvgIpc) is 3.17. The molecule has 1 aromatic carbocycles. The first kappa shape index (κ1) is 21.9. The minimum Gasteiger partial charge on any atom is -0.453 e. The molecule has 0 radical (unpaired) electrons. The topological polar surface area (TPSA) is 72.9 Å². The molecule has 1 saturated heterocycles. The normalized spacial score (nSPS) is 25.0. The summed E-state index contributed by atoms with van der Waals surface area (Å²) < 4.78 is 10.9. The van der Waals surface area contributed by atoms with Crippen LogP contribution in [0.15, 0.2) is 24.3 Å². The van der Waals surface area contributed by atoms with Crippen molar-refractivity contribution in [3.05, 3.63) is 35.4 Å². The van der Waals surface area contributed by atoms with Crippen molar-refractivity contribution in [1.29, 1.82) is 0 Å². The van der Waals surface area contributed by atoms with E-state index in [-0.39, 0.29) is 30.3 Å². The van der Waals surface area contributed by atoms with Gasteiger partial charge in [0.2, 0.25) is 0 Å². The third kappa shape index (κ3) is 4.67. The number of Topliss-reactive ketones (excluding diaryl/α,β-unsaturated/α-hetero) is 1. The lowest BCUT2D eigenvalue weighted by Crippen LogP contribution is -2.52. The predicted molar refractivity (Wildman–Crippen MR) is 112 cm³/mol. The standard InChI is InChI=1S/C24H29NO5/c1-4-19(26)16-22(27)30-24(13-10-18-8-5-7-17(2)15-18)12-6-9-21-20(24)11-14-25(21)23(28)29-3/h5,7-8,15,20-21H,4,6,9,11-12,14,16H2,1-3H3/t20-,21-,24-/m1/s1. The summed E-state index contributed by atoms with van der Waals surface area (Å²) in [7, 11) is 1.37. The number of hydrogen-bond acceptors (Lipinski definition) is 5. The lowest BCUT2D eigenvalue weighted by Gasteiger charge is -2.42. The quantitative estimate of drug-likeness (QED) is 0.430. The molecule has 2 aliphatic rings. The second kappa shape index (κ2) is 9.34. The van der Waals surface area contributed by atoms with Crippen molar-refractivity contribution in [3.8, 4) is 11.8 Å². The van der Waals surface area contributed by atoms with Gasteiger partial charge in [0.05, 0.1) is 7.11 Å². The lowest BCUT2D eigenvalue weighted by molar-refractivity contribution is -0.163. The number of nitrogens with zero attached hydrogens (tertiary/aromatic N) is 1. The van der Waals surface area contributed by atoms with Gasteiger partial charge in [-0.2, -0.15) is 0 Å². The Labute approximate surface area is 177 Å². The zero-order valence-corrected chi connectivity index (χ0v) is 17.9. The number of carbonyl (C=O) groups is 3. The number of likely N-dealkylation sites (tertiary alicyclic amines) is 1. The average molecular weight is 411 g/mol. The van der Waals surface area contributed by atoms with Gasteiger partial charge >= 0.3 is 12.1 Å². The Balaban J connectivity index is 1.94. The molecule has 2 fully saturated rings. The highest BCUT2D eigenvalue weighted by molar-refractivity contribution is 5.95. The molecule has 6 heteroatoms. The van der Waals surface area contributed by atoms with Crippen LogP contribution in [0, 0.1) is 24.7 Å². The zero-order chi connectivity index (χ0) is 21.7. The molecular weight excluding hydrogens is 382 g/mol. The Morgan fingerprint density at radius 2 is 2.07 bits per heavy atom. The van der Waals surface area contributed by atoms with Crippen molar-refractivity contribution in [2.24, 2.45) is 5.92 Å². The fourth-order valence-corrected chi connectivity index (χ4v) is 4.59. The van der Waals surface area contributed by atoms with E-state index >= 15 is 0 Å². The summed E-state index contributed by atoms with van der Waals surface area (Å²) in [5.74, 6) is 5.65. The molecule has 1 aromatic rings. The van der Waals surface area contributed by atoms with Crippen molar-refractivity contribution < 1.29 is 23.9 Å². The Hall–Kier alpha value is -2.81. The first-order chi connectivity index (χ1) is 14.4. The summed E-state index contributed by atoms with van der Waals surface area (Å²) in [4.78, 5) is 38.3. The van der Waals surface area contributed by atoms with Crippen molar-refractivity contribution in [2.75, 3.05) is 13.7 Å². The summed E-state index contributed by atoms with van der Waals surface area (Å²) in [6, 6.07) is 7.76. The number of ketones is 1. The van der Waals surface area contributed by atoms with Gasteiger partial charge in [-0.1, -0.05) is 25.0 Å².